The third-order valence-corrected chi connectivity index (χ3v) is 1.33. The van der Waals surface area contributed by atoms with Gasteiger partial charge in [0.25, 0.3) is 5.91 Å². The second-order valence-corrected chi connectivity index (χ2v) is 3.34. The van der Waals surface area contributed by atoms with Gasteiger partial charge in [0.1, 0.15) is 0 Å². The van der Waals surface area contributed by atoms with E-state index in [0.717, 1.165) is 0 Å². The van der Waals surface area contributed by atoms with E-state index in [1.807, 2.05) is 13.8 Å². The van der Waals surface area contributed by atoms with Crippen LogP contribution in [0.1, 0.15) is 20.8 Å². The van der Waals surface area contributed by atoms with Crippen LogP contribution >= 0.6 is 0 Å². The topological polar surface area (TPSA) is 58.6 Å². The van der Waals surface area contributed by atoms with Gasteiger partial charge in [-0.15, -0.1) is 0 Å². The van der Waals surface area contributed by atoms with Crippen molar-refractivity contribution in [3.8, 4) is 0 Å². The summed E-state index contributed by atoms with van der Waals surface area (Å²) in [5, 5.41) is 12.1. The van der Waals surface area contributed by atoms with Gasteiger partial charge < -0.3 is 15.2 Å². The zero-order valence-electron chi connectivity index (χ0n) is 8.05. The third kappa shape index (κ3) is 3.69. The molecule has 0 saturated carbocycles. The summed E-state index contributed by atoms with van der Waals surface area (Å²) in [5.41, 5.74) is -1.43. The number of hydrogen-bond acceptors (Lipinski definition) is 3. The summed E-state index contributed by atoms with van der Waals surface area (Å²) in [5.74, 6) is -0.403. The molecule has 2 N–H and O–H groups in total. The van der Waals surface area contributed by atoms with Gasteiger partial charge in [0.05, 0.1) is 6.61 Å². The summed E-state index contributed by atoms with van der Waals surface area (Å²) >= 11 is 0. The Labute approximate surface area is 72.9 Å². The van der Waals surface area contributed by atoms with E-state index in [-0.39, 0.29) is 12.6 Å². The predicted octanol–water partition coefficient (Wildman–Crippen LogP) is -0.0916. The average molecular weight is 175 g/mol. The van der Waals surface area contributed by atoms with Crippen LogP contribution < -0.4 is 5.32 Å². The lowest BCUT2D eigenvalue weighted by atomic mass is 10.1. The lowest BCUT2D eigenvalue weighted by molar-refractivity contribution is -0.143. The van der Waals surface area contributed by atoms with Crippen molar-refractivity contribution in [3.63, 3.8) is 0 Å². The molecule has 1 amide bonds. The maximum Gasteiger partial charge on any atom is 0.254 e. The van der Waals surface area contributed by atoms with Gasteiger partial charge in [-0.05, 0) is 20.8 Å². The van der Waals surface area contributed by atoms with E-state index in [2.05, 4.69) is 5.32 Å². The molecule has 72 valence electrons. The minimum atomic E-state index is -1.43. The fourth-order valence-electron chi connectivity index (χ4n) is 0.764. The normalized spacial score (nSPS) is 15.8. The highest BCUT2D eigenvalue weighted by Gasteiger charge is 2.30. The van der Waals surface area contributed by atoms with E-state index in [4.69, 9.17) is 4.74 Å². The first-order valence-corrected chi connectivity index (χ1v) is 3.92. The molecular weight excluding hydrogens is 158 g/mol. The highest BCUT2D eigenvalue weighted by Crippen LogP contribution is 2.03. The molecule has 1 unspecified atom stereocenters. The Hall–Kier alpha value is -0.610. The van der Waals surface area contributed by atoms with Gasteiger partial charge >= 0.3 is 0 Å². The summed E-state index contributed by atoms with van der Waals surface area (Å²) in [6.07, 6.45) is 0. The molecular formula is C8H17NO3. The Morgan fingerprint density at radius 1 is 1.67 bits per heavy atom. The molecule has 1 atom stereocenters. The van der Waals surface area contributed by atoms with Crippen molar-refractivity contribution in [1.82, 2.24) is 5.32 Å². The van der Waals surface area contributed by atoms with Crippen LogP contribution in [0.2, 0.25) is 0 Å². The molecule has 0 aromatic rings. The first-order chi connectivity index (χ1) is 5.40. The van der Waals surface area contributed by atoms with Crippen LogP contribution in [0.5, 0.6) is 0 Å². The summed E-state index contributed by atoms with van der Waals surface area (Å²) in [6.45, 7) is 5.10. The number of hydrogen-bond donors (Lipinski definition) is 2. The molecule has 0 rings (SSSR count). The van der Waals surface area contributed by atoms with Crippen molar-refractivity contribution in [3.05, 3.63) is 0 Å². The monoisotopic (exact) mass is 175 g/mol. The first-order valence-electron chi connectivity index (χ1n) is 3.92. The highest BCUT2D eigenvalue weighted by molar-refractivity contribution is 5.84. The maximum absolute atomic E-state index is 11.2. The molecule has 0 aromatic carbocycles. The van der Waals surface area contributed by atoms with E-state index in [1.165, 1.54) is 14.0 Å². The quantitative estimate of drug-likeness (QED) is 0.627. The highest BCUT2D eigenvalue weighted by atomic mass is 16.5. The van der Waals surface area contributed by atoms with Gasteiger partial charge in [-0.2, -0.15) is 0 Å². The molecule has 0 aromatic heterocycles. The molecule has 0 fully saturated rings. The number of carbonyl (C=O) groups excluding carboxylic acids is 1. The van der Waals surface area contributed by atoms with Crippen molar-refractivity contribution < 1.29 is 14.6 Å². The predicted molar refractivity (Wildman–Crippen MR) is 45.8 cm³/mol. The van der Waals surface area contributed by atoms with Crippen molar-refractivity contribution >= 4 is 5.91 Å². The van der Waals surface area contributed by atoms with Gasteiger partial charge in [-0.25, -0.2) is 0 Å². The van der Waals surface area contributed by atoms with Gasteiger partial charge in [-0.3, -0.25) is 4.79 Å². The SMILES string of the molecule is COCC(C)(O)C(=O)NC(C)C. The third-order valence-electron chi connectivity index (χ3n) is 1.33. The number of carbonyl (C=O) groups is 1. The van der Waals surface area contributed by atoms with E-state index >= 15 is 0 Å². The number of methoxy groups -OCH3 is 1. The Morgan fingerprint density at radius 2 is 2.17 bits per heavy atom. The Kier molecular flexibility index (Phi) is 4.20. The summed E-state index contributed by atoms with van der Waals surface area (Å²) in [6, 6.07) is 0.0285. The fraction of sp³-hybridized carbons (Fsp3) is 0.875. The van der Waals surface area contributed by atoms with Crippen LogP contribution in [0.4, 0.5) is 0 Å². The molecule has 0 bridgehead atoms. The van der Waals surface area contributed by atoms with Crippen molar-refractivity contribution in [2.45, 2.75) is 32.4 Å². The number of amides is 1. The Bertz CT molecular complexity index is 154. The zero-order chi connectivity index (χ0) is 9.78. The molecule has 0 spiro atoms. The van der Waals surface area contributed by atoms with Gasteiger partial charge in [0.15, 0.2) is 5.60 Å². The number of nitrogens with one attached hydrogen (secondary N) is 1. The lowest BCUT2D eigenvalue weighted by Crippen LogP contribution is -2.49. The zero-order valence-corrected chi connectivity index (χ0v) is 8.05. The second-order valence-electron chi connectivity index (χ2n) is 3.34. The van der Waals surface area contributed by atoms with Crippen LogP contribution in [0.25, 0.3) is 0 Å². The van der Waals surface area contributed by atoms with Crippen molar-refractivity contribution in [2.24, 2.45) is 0 Å². The first kappa shape index (κ1) is 11.4. The standard InChI is InChI=1S/C8H17NO3/c1-6(2)9-7(10)8(3,11)5-12-4/h6,11H,5H2,1-4H3,(H,9,10). The van der Waals surface area contributed by atoms with Gasteiger partial charge in [-0.1, -0.05) is 0 Å². The largest absolute Gasteiger partial charge is 0.381 e. The van der Waals surface area contributed by atoms with Crippen LogP contribution in [0.3, 0.4) is 0 Å². The molecule has 4 nitrogen and oxygen atoms in total. The minimum Gasteiger partial charge on any atom is -0.381 e. The Balaban J connectivity index is 4.06. The Morgan fingerprint density at radius 3 is 2.50 bits per heavy atom. The fourth-order valence-corrected chi connectivity index (χ4v) is 0.764. The van der Waals surface area contributed by atoms with Crippen molar-refractivity contribution in [1.29, 1.82) is 0 Å². The number of rotatable bonds is 4. The van der Waals surface area contributed by atoms with E-state index < -0.39 is 11.5 Å². The second kappa shape index (κ2) is 4.42. The maximum atomic E-state index is 11.2. The summed E-state index contributed by atoms with van der Waals surface area (Å²) in [4.78, 5) is 11.2. The summed E-state index contributed by atoms with van der Waals surface area (Å²) < 4.78 is 4.70. The van der Waals surface area contributed by atoms with E-state index in [9.17, 15) is 9.90 Å². The molecule has 12 heavy (non-hydrogen) atoms. The van der Waals surface area contributed by atoms with Gasteiger partial charge in [0.2, 0.25) is 0 Å². The van der Waals surface area contributed by atoms with Crippen LogP contribution in [-0.4, -0.2) is 36.4 Å². The van der Waals surface area contributed by atoms with E-state index in [0.29, 0.717) is 0 Å². The van der Waals surface area contributed by atoms with E-state index in [1.54, 1.807) is 0 Å². The van der Waals surface area contributed by atoms with Crippen LogP contribution in [0, 0.1) is 0 Å². The molecule has 0 aliphatic heterocycles. The molecule has 0 radical (unpaired) electrons. The van der Waals surface area contributed by atoms with Crippen molar-refractivity contribution in [2.75, 3.05) is 13.7 Å². The summed E-state index contributed by atoms with van der Waals surface area (Å²) in [7, 11) is 1.44. The number of aliphatic hydroxyl groups is 1. The lowest BCUT2D eigenvalue weighted by Gasteiger charge is -2.22. The molecule has 0 heterocycles. The molecule has 0 aliphatic rings. The van der Waals surface area contributed by atoms with Crippen LogP contribution in [-0.2, 0) is 9.53 Å². The van der Waals surface area contributed by atoms with Crippen LogP contribution in [0.15, 0.2) is 0 Å². The molecule has 4 heteroatoms. The minimum absolute atomic E-state index is 0.00551. The average Bonchev–Trinajstić information content (AvgIpc) is 1.85. The molecule has 0 aliphatic carbocycles. The molecule has 0 saturated heterocycles. The smallest absolute Gasteiger partial charge is 0.254 e. The van der Waals surface area contributed by atoms with Gasteiger partial charge in [0, 0.05) is 13.2 Å². The number of ether oxygens (including phenoxy) is 1.